The molecule has 5 heteroatoms. The van der Waals surface area contributed by atoms with Crippen molar-refractivity contribution in [2.24, 2.45) is 0 Å². The Balaban J connectivity index is 1.66. The van der Waals surface area contributed by atoms with Crippen LogP contribution in [0.2, 0.25) is 0 Å². The van der Waals surface area contributed by atoms with E-state index >= 15 is 0 Å². The minimum absolute atomic E-state index is 0.196. The minimum atomic E-state index is -0.321. The number of hydrogen-bond acceptors (Lipinski definition) is 3. The summed E-state index contributed by atoms with van der Waals surface area (Å²) in [5.74, 6) is -0.517. The van der Waals surface area contributed by atoms with Gasteiger partial charge in [-0.15, -0.1) is 0 Å². The van der Waals surface area contributed by atoms with Gasteiger partial charge in [-0.3, -0.25) is 4.79 Å². The molecule has 0 atom stereocenters. The van der Waals surface area contributed by atoms with Crippen molar-refractivity contribution in [1.82, 2.24) is 5.32 Å². The van der Waals surface area contributed by atoms with Crippen LogP contribution in [0.3, 0.4) is 0 Å². The fourth-order valence-corrected chi connectivity index (χ4v) is 2.48. The summed E-state index contributed by atoms with van der Waals surface area (Å²) in [6, 6.07) is 13.3. The lowest BCUT2D eigenvalue weighted by molar-refractivity contribution is 0.102. The molecule has 1 saturated heterocycles. The van der Waals surface area contributed by atoms with Crippen molar-refractivity contribution in [2.45, 2.75) is 0 Å². The molecule has 22 heavy (non-hydrogen) atoms. The maximum absolute atomic E-state index is 12.8. The van der Waals surface area contributed by atoms with Crippen molar-refractivity contribution in [3.05, 3.63) is 59.9 Å². The van der Waals surface area contributed by atoms with Crippen LogP contribution in [0, 0.1) is 5.82 Å². The van der Waals surface area contributed by atoms with E-state index in [9.17, 15) is 9.18 Å². The Hall–Kier alpha value is -2.40. The summed E-state index contributed by atoms with van der Waals surface area (Å²) < 4.78 is 12.8. The molecule has 4 nitrogen and oxygen atoms in total. The maximum atomic E-state index is 12.8. The summed E-state index contributed by atoms with van der Waals surface area (Å²) in [4.78, 5) is 14.4. The van der Waals surface area contributed by atoms with Gasteiger partial charge in [0.1, 0.15) is 5.82 Å². The van der Waals surface area contributed by atoms with Gasteiger partial charge in [0.05, 0.1) is 0 Å². The molecule has 1 heterocycles. The lowest BCUT2D eigenvalue weighted by atomic mass is 10.1. The molecule has 0 aromatic heterocycles. The van der Waals surface area contributed by atoms with Crippen LogP contribution in [0.15, 0.2) is 48.5 Å². The molecule has 2 aromatic carbocycles. The molecule has 2 N–H and O–H groups in total. The molecule has 1 aliphatic rings. The van der Waals surface area contributed by atoms with Crippen LogP contribution in [-0.4, -0.2) is 32.1 Å². The number of benzene rings is 2. The monoisotopic (exact) mass is 299 g/mol. The van der Waals surface area contributed by atoms with Crippen LogP contribution in [-0.2, 0) is 0 Å². The third-order valence-corrected chi connectivity index (χ3v) is 3.71. The molecule has 0 unspecified atom stereocenters. The van der Waals surface area contributed by atoms with Crippen LogP contribution in [0.25, 0.3) is 0 Å². The van der Waals surface area contributed by atoms with Crippen molar-refractivity contribution in [2.75, 3.05) is 36.4 Å². The first kappa shape index (κ1) is 14.5. The third-order valence-electron chi connectivity index (χ3n) is 3.71. The number of carbonyl (C=O) groups excluding carboxylic acids is 1. The first-order chi connectivity index (χ1) is 10.7. The maximum Gasteiger partial charge on any atom is 0.255 e. The summed E-state index contributed by atoms with van der Waals surface area (Å²) in [7, 11) is 0. The van der Waals surface area contributed by atoms with Crippen LogP contribution in [0.5, 0.6) is 0 Å². The van der Waals surface area contributed by atoms with Gasteiger partial charge in [-0.05, 0) is 48.5 Å². The lowest BCUT2D eigenvalue weighted by Gasteiger charge is -2.29. The number of carbonyl (C=O) groups is 1. The standard InChI is InChI=1S/C17H18FN3O/c18-14-3-5-15(6-4-14)20-17(22)13-1-7-16(8-2-13)21-11-9-19-10-12-21/h1-8,19H,9-12H2,(H,20,22). The van der Waals surface area contributed by atoms with Crippen LogP contribution in [0.1, 0.15) is 10.4 Å². The van der Waals surface area contributed by atoms with E-state index in [2.05, 4.69) is 15.5 Å². The Morgan fingerprint density at radius 3 is 2.27 bits per heavy atom. The van der Waals surface area contributed by atoms with E-state index in [1.807, 2.05) is 24.3 Å². The fourth-order valence-electron chi connectivity index (χ4n) is 2.48. The summed E-state index contributed by atoms with van der Waals surface area (Å²) in [6.07, 6.45) is 0. The Labute approximate surface area is 128 Å². The van der Waals surface area contributed by atoms with Gasteiger partial charge in [-0.1, -0.05) is 0 Å². The van der Waals surface area contributed by atoms with E-state index in [1.165, 1.54) is 12.1 Å². The molecule has 0 bridgehead atoms. The highest BCUT2D eigenvalue weighted by Crippen LogP contribution is 2.17. The molecule has 0 aliphatic carbocycles. The number of rotatable bonds is 3. The van der Waals surface area contributed by atoms with Gasteiger partial charge in [-0.2, -0.15) is 0 Å². The number of anilines is 2. The summed E-state index contributed by atoms with van der Waals surface area (Å²) >= 11 is 0. The quantitative estimate of drug-likeness (QED) is 0.915. The van der Waals surface area contributed by atoms with E-state index in [1.54, 1.807) is 12.1 Å². The average Bonchev–Trinajstić information content (AvgIpc) is 2.58. The number of piperazine rings is 1. The van der Waals surface area contributed by atoms with Crippen LogP contribution < -0.4 is 15.5 Å². The SMILES string of the molecule is O=C(Nc1ccc(F)cc1)c1ccc(N2CCNCC2)cc1. The second-order valence-electron chi connectivity index (χ2n) is 5.24. The highest BCUT2D eigenvalue weighted by Gasteiger charge is 2.11. The van der Waals surface area contributed by atoms with E-state index in [0.717, 1.165) is 31.9 Å². The molecule has 0 radical (unpaired) electrons. The average molecular weight is 299 g/mol. The normalized spacial score (nSPS) is 14.7. The molecular formula is C17H18FN3O. The number of hydrogen-bond donors (Lipinski definition) is 2. The van der Waals surface area contributed by atoms with Gasteiger partial charge in [0, 0.05) is 43.1 Å². The first-order valence-corrected chi connectivity index (χ1v) is 7.35. The molecule has 2 aromatic rings. The van der Waals surface area contributed by atoms with Crippen molar-refractivity contribution in [3.8, 4) is 0 Å². The highest BCUT2D eigenvalue weighted by molar-refractivity contribution is 6.04. The highest BCUT2D eigenvalue weighted by atomic mass is 19.1. The largest absolute Gasteiger partial charge is 0.369 e. The minimum Gasteiger partial charge on any atom is -0.369 e. The topological polar surface area (TPSA) is 44.4 Å². The third kappa shape index (κ3) is 3.43. The number of nitrogens with zero attached hydrogens (tertiary/aromatic N) is 1. The van der Waals surface area contributed by atoms with Crippen molar-refractivity contribution in [3.63, 3.8) is 0 Å². The van der Waals surface area contributed by atoms with Gasteiger partial charge < -0.3 is 15.5 Å². The molecule has 3 rings (SSSR count). The van der Waals surface area contributed by atoms with E-state index in [0.29, 0.717) is 11.3 Å². The Kier molecular flexibility index (Phi) is 4.34. The lowest BCUT2D eigenvalue weighted by Crippen LogP contribution is -2.43. The first-order valence-electron chi connectivity index (χ1n) is 7.35. The molecule has 0 spiro atoms. The van der Waals surface area contributed by atoms with Crippen molar-refractivity contribution < 1.29 is 9.18 Å². The van der Waals surface area contributed by atoms with Gasteiger partial charge >= 0.3 is 0 Å². The fraction of sp³-hybridized carbons (Fsp3) is 0.235. The number of nitrogens with one attached hydrogen (secondary N) is 2. The van der Waals surface area contributed by atoms with Crippen molar-refractivity contribution in [1.29, 1.82) is 0 Å². The number of halogens is 1. The van der Waals surface area contributed by atoms with E-state index < -0.39 is 0 Å². The van der Waals surface area contributed by atoms with E-state index in [-0.39, 0.29) is 11.7 Å². The molecular weight excluding hydrogens is 281 g/mol. The van der Waals surface area contributed by atoms with Gasteiger partial charge in [0.25, 0.3) is 5.91 Å². The van der Waals surface area contributed by atoms with Gasteiger partial charge in [0.2, 0.25) is 0 Å². The van der Waals surface area contributed by atoms with Crippen molar-refractivity contribution >= 4 is 17.3 Å². The predicted octanol–water partition coefficient (Wildman–Crippen LogP) is 2.49. The summed E-state index contributed by atoms with van der Waals surface area (Å²) in [5.41, 5.74) is 2.29. The number of amides is 1. The van der Waals surface area contributed by atoms with Crippen LogP contribution >= 0.6 is 0 Å². The zero-order chi connectivity index (χ0) is 15.4. The molecule has 1 amide bonds. The van der Waals surface area contributed by atoms with Crippen LogP contribution in [0.4, 0.5) is 15.8 Å². The Morgan fingerprint density at radius 2 is 1.64 bits per heavy atom. The Morgan fingerprint density at radius 1 is 1.00 bits per heavy atom. The zero-order valence-electron chi connectivity index (χ0n) is 12.2. The molecule has 1 aliphatic heterocycles. The summed E-state index contributed by atoms with van der Waals surface area (Å²) in [6.45, 7) is 3.90. The van der Waals surface area contributed by atoms with E-state index in [4.69, 9.17) is 0 Å². The molecule has 0 saturated carbocycles. The predicted molar refractivity (Wildman–Crippen MR) is 85.9 cm³/mol. The summed E-state index contributed by atoms with van der Waals surface area (Å²) in [5, 5.41) is 6.07. The zero-order valence-corrected chi connectivity index (χ0v) is 12.2. The van der Waals surface area contributed by atoms with Gasteiger partial charge in [-0.25, -0.2) is 4.39 Å². The smallest absolute Gasteiger partial charge is 0.255 e. The Bertz CT molecular complexity index is 634. The van der Waals surface area contributed by atoms with Gasteiger partial charge in [0.15, 0.2) is 0 Å². The molecule has 114 valence electrons. The second-order valence-corrected chi connectivity index (χ2v) is 5.24. The molecule has 1 fully saturated rings. The second kappa shape index (κ2) is 6.58.